The van der Waals surface area contributed by atoms with Crippen molar-refractivity contribution >= 4 is 20.2 Å². The summed E-state index contributed by atoms with van der Waals surface area (Å²) in [6.45, 7) is 7.26. The van der Waals surface area contributed by atoms with Crippen molar-refractivity contribution in [3.63, 3.8) is 0 Å². The lowest BCUT2D eigenvalue weighted by Gasteiger charge is -2.29. The van der Waals surface area contributed by atoms with Gasteiger partial charge in [-0.2, -0.15) is 0 Å². The van der Waals surface area contributed by atoms with Crippen LogP contribution in [0, 0.1) is 0 Å². The lowest BCUT2D eigenvalue weighted by Crippen LogP contribution is -2.44. The Morgan fingerprint density at radius 2 is 1.89 bits per heavy atom. The van der Waals surface area contributed by atoms with Crippen molar-refractivity contribution in [2.75, 3.05) is 6.61 Å². The SMILES string of the molecule is CCCCO[Si](CC)(CC)Oc1cccc(Cl)c1. The van der Waals surface area contributed by atoms with Crippen LogP contribution in [0.5, 0.6) is 5.75 Å². The van der Waals surface area contributed by atoms with Gasteiger partial charge in [0.05, 0.1) is 0 Å². The van der Waals surface area contributed by atoms with Crippen molar-refractivity contribution in [2.24, 2.45) is 0 Å². The molecule has 18 heavy (non-hydrogen) atoms. The van der Waals surface area contributed by atoms with E-state index in [4.69, 9.17) is 20.5 Å². The summed E-state index contributed by atoms with van der Waals surface area (Å²) in [5.41, 5.74) is 0. The zero-order valence-electron chi connectivity index (χ0n) is 11.5. The molecule has 0 aliphatic heterocycles. The van der Waals surface area contributed by atoms with E-state index in [-0.39, 0.29) is 0 Å². The minimum Gasteiger partial charge on any atom is -0.520 e. The van der Waals surface area contributed by atoms with Gasteiger partial charge in [-0.15, -0.1) is 0 Å². The van der Waals surface area contributed by atoms with Gasteiger partial charge in [0.1, 0.15) is 5.75 Å². The van der Waals surface area contributed by atoms with Crippen molar-refractivity contribution in [3.05, 3.63) is 29.3 Å². The van der Waals surface area contributed by atoms with Crippen molar-refractivity contribution < 1.29 is 8.85 Å². The van der Waals surface area contributed by atoms with Gasteiger partial charge in [-0.25, -0.2) is 0 Å². The van der Waals surface area contributed by atoms with Crippen LogP contribution in [-0.2, 0) is 4.43 Å². The molecule has 2 nitrogen and oxygen atoms in total. The number of rotatable bonds is 8. The standard InChI is InChI=1S/C14H23ClO2Si/c1-4-7-11-16-18(5-2,6-3)17-14-10-8-9-13(15)12-14/h8-10,12H,4-7,11H2,1-3H3. The Labute approximate surface area is 117 Å². The fraction of sp³-hybridized carbons (Fsp3) is 0.571. The molecule has 0 radical (unpaired) electrons. The van der Waals surface area contributed by atoms with Gasteiger partial charge in [0.2, 0.25) is 0 Å². The second kappa shape index (κ2) is 7.82. The normalized spacial score (nSPS) is 11.6. The highest BCUT2D eigenvalue weighted by Gasteiger charge is 2.35. The van der Waals surface area contributed by atoms with Gasteiger partial charge in [0.15, 0.2) is 0 Å². The minimum atomic E-state index is -2.10. The topological polar surface area (TPSA) is 18.5 Å². The fourth-order valence-corrected chi connectivity index (χ4v) is 4.28. The Morgan fingerprint density at radius 3 is 2.44 bits per heavy atom. The maximum absolute atomic E-state index is 6.16. The average molecular weight is 287 g/mol. The summed E-state index contributed by atoms with van der Waals surface area (Å²) in [4.78, 5) is 0. The van der Waals surface area contributed by atoms with Crippen molar-refractivity contribution in [1.29, 1.82) is 0 Å². The van der Waals surface area contributed by atoms with Crippen LogP contribution in [-0.4, -0.2) is 15.2 Å². The number of halogens is 1. The molecular weight excluding hydrogens is 264 g/mol. The summed E-state index contributed by atoms with van der Waals surface area (Å²) in [5.74, 6) is 0.828. The number of hydrogen-bond donors (Lipinski definition) is 0. The van der Waals surface area contributed by atoms with Crippen molar-refractivity contribution in [3.8, 4) is 5.75 Å². The fourth-order valence-electron chi connectivity index (χ4n) is 1.78. The molecule has 0 spiro atoms. The maximum atomic E-state index is 6.16. The van der Waals surface area contributed by atoms with E-state index < -0.39 is 8.56 Å². The molecule has 4 heteroatoms. The first-order chi connectivity index (χ1) is 8.65. The third-order valence-corrected chi connectivity index (χ3v) is 6.77. The first-order valence-corrected chi connectivity index (χ1v) is 9.35. The second-order valence-corrected chi connectivity index (χ2v) is 8.54. The summed E-state index contributed by atoms with van der Waals surface area (Å²) >= 11 is 5.98. The van der Waals surface area contributed by atoms with Crippen LogP contribution in [0.25, 0.3) is 0 Å². The summed E-state index contributed by atoms with van der Waals surface area (Å²) in [7, 11) is -2.10. The van der Waals surface area contributed by atoms with E-state index in [0.29, 0.717) is 5.02 Å². The lowest BCUT2D eigenvalue weighted by atomic mass is 10.3. The van der Waals surface area contributed by atoms with Gasteiger partial charge in [-0.05, 0) is 36.7 Å². The average Bonchev–Trinajstić information content (AvgIpc) is 2.38. The summed E-state index contributed by atoms with van der Waals surface area (Å²) in [6, 6.07) is 9.49. The first-order valence-electron chi connectivity index (χ1n) is 6.74. The highest BCUT2D eigenvalue weighted by atomic mass is 35.5. The molecule has 0 saturated carbocycles. The van der Waals surface area contributed by atoms with E-state index in [2.05, 4.69) is 20.8 Å². The lowest BCUT2D eigenvalue weighted by molar-refractivity contribution is 0.233. The molecular formula is C14H23ClO2Si. The molecule has 0 unspecified atom stereocenters. The smallest absolute Gasteiger partial charge is 0.398 e. The summed E-state index contributed by atoms with van der Waals surface area (Å²) in [6.07, 6.45) is 2.24. The van der Waals surface area contributed by atoms with Gasteiger partial charge >= 0.3 is 8.56 Å². The van der Waals surface area contributed by atoms with Crippen molar-refractivity contribution in [2.45, 2.75) is 45.7 Å². The largest absolute Gasteiger partial charge is 0.520 e. The number of benzene rings is 1. The molecule has 0 fully saturated rings. The third-order valence-electron chi connectivity index (χ3n) is 3.04. The highest BCUT2D eigenvalue weighted by molar-refractivity contribution is 6.68. The predicted molar refractivity (Wildman–Crippen MR) is 79.7 cm³/mol. The maximum Gasteiger partial charge on any atom is 0.398 e. The molecule has 0 amide bonds. The van der Waals surface area contributed by atoms with Crippen LogP contribution in [0.2, 0.25) is 17.1 Å². The molecule has 1 aromatic rings. The Hall–Kier alpha value is -0.513. The van der Waals surface area contributed by atoms with E-state index >= 15 is 0 Å². The molecule has 0 saturated heterocycles. The van der Waals surface area contributed by atoms with Gasteiger partial charge < -0.3 is 8.85 Å². The molecule has 0 aromatic heterocycles. The molecule has 1 rings (SSSR count). The van der Waals surface area contributed by atoms with Crippen LogP contribution >= 0.6 is 11.6 Å². The molecule has 102 valence electrons. The minimum absolute atomic E-state index is 0.705. The first kappa shape index (κ1) is 15.5. The van der Waals surface area contributed by atoms with Gasteiger partial charge in [0, 0.05) is 11.6 Å². The summed E-state index contributed by atoms with van der Waals surface area (Å²) < 4.78 is 12.2. The second-order valence-electron chi connectivity index (χ2n) is 4.38. The monoisotopic (exact) mass is 286 g/mol. The van der Waals surface area contributed by atoms with E-state index in [1.54, 1.807) is 0 Å². The Morgan fingerprint density at radius 1 is 1.17 bits per heavy atom. The zero-order valence-corrected chi connectivity index (χ0v) is 13.3. The molecule has 0 bridgehead atoms. The zero-order chi connectivity index (χ0) is 13.4. The van der Waals surface area contributed by atoms with Crippen molar-refractivity contribution in [1.82, 2.24) is 0 Å². The highest BCUT2D eigenvalue weighted by Crippen LogP contribution is 2.25. The van der Waals surface area contributed by atoms with Crippen LogP contribution < -0.4 is 4.43 Å². The van der Waals surface area contributed by atoms with E-state index in [0.717, 1.165) is 37.3 Å². The van der Waals surface area contributed by atoms with E-state index in [1.807, 2.05) is 24.3 Å². The van der Waals surface area contributed by atoms with E-state index in [1.165, 1.54) is 0 Å². The molecule has 0 aliphatic rings. The van der Waals surface area contributed by atoms with Crippen LogP contribution in [0.4, 0.5) is 0 Å². The predicted octanol–water partition coefficient (Wildman–Crippen LogP) is 5.02. The van der Waals surface area contributed by atoms with Crippen LogP contribution in [0.15, 0.2) is 24.3 Å². The van der Waals surface area contributed by atoms with Crippen LogP contribution in [0.1, 0.15) is 33.6 Å². The third kappa shape index (κ3) is 4.63. The molecule has 0 N–H and O–H groups in total. The summed E-state index contributed by atoms with van der Waals surface area (Å²) in [5, 5.41) is 0.705. The Balaban J connectivity index is 2.71. The van der Waals surface area contributed by atoms with Gasteiger partial charge in [-0.1, -0.05) is 44.9 Å². The van der Waals surface area contributed by atoms with Crippen LogP contribution in [0.3, 0.4) is 0 Å². The quantitative estimate of drug-likeness (QED) is 0.493. The molecule has 0 aliphatic carbocycles. The Bertz CT molecular complexity index is 353. The van der Waals surface area contributed by atoms with E-state index in [9.17, 15) is 0 Å². The number of hydrogen-bond acceptors (Lipinski definition) is 2. The van der Waals surface area contributed by atoms with Gasteiger partial charge in [-0.3, -0.25) is 0 Å². The molecule has 0 atom stereocenters. The number of unbranched alkanes of at least 4 members (excludes halogenated alkanes) is 1. The molecule has 1 aromatic carbocycles. The van der Waals surface area contributed by atoms with Gasteiger partial charge in [0.25, 0.3) is 0 Å². The molecule has 0 heterocycles. The Kier molecular flexibility index (Phi) is 6.75.